The minimum absolute atomic E-state index is 0.0196. The normalized spacial score (nSPS) is 13.0. The molecule has 4 rings (SSSR count). The first-order valence-electron chi connectivity index (χ1n) is 10.9. The third-order valence-electron chi connectivity index (χ3n) is 5.72. The van der Waals surface area contributed by atoms with Crippen LogP contribution in [0.15, 0.2) is 59.5 Å². The number of benzene rings is 3. The van der Waals surface area contributed by atoms with Gasteiger partial charge in [-0.05, 0) is 66.9 Å². The van der Waals surface area contributed by atoms with Crippen LogP contribution in [0.4, 0.5) is 14.5 Å². The molecule has 1 aliphatic heterocycles. The van der Waals surface area contributed by atoms with Gasteiger partial charge in [-0.2, -0.15) is 0 Å². The third-order valence-corrected chi connectivity index (χ3v) is 7.68. The predicted octanol–water partition coefficient (Wildman–Crippen LogP) is 3.53. The number of amides is 1. The predicted molar refractivity (Wildman–Crippen MR) is 127 cm³/mol. The van der Waals surface area contributed by atoms with Crippen molar-refractivity contribution in [2.24, 2.45) is 0 Å². The fraction of sp³-hybridized carbons (Fsp3) is 0.200. The van der Waals surface area contributed by atoms with Gasteiger partial charge >= 0.3 is 5.97 Å². The van der Waals surface area contributed by atoms with Gasteiger partial charge < -0.3 is 15.2 Å². The van der Waals surface area contributed by atoms with E-state index in [0.717, 1.165) is 22.5 Å². The number of carbonyl (C=O) groups excluding carboxylic acids is 1. The van der Waals surface area contributed by atoms with Crippen LogP contribution in [0.3, 0.4) is 0 Å². The lowest BCUT2D eigenvalue weighted by atomic mass is 10.1. The fourth-order valence-electron chi connectivity index (χ4n) is 3.86. The standard InChI is InChI=1S/C25H22F2N2O6S/c1-15-2-5-18(26)14-23(15)36(33,34)29-10-11-35-22-7-4-17(13-21(22)29)24(30)28-9-8-16-3-6-19(25(31)32)20(27)12-16/h2-7,12-14H,8-11H2,1H3,(H,28,30)(H,31,32). The maximum absolute atomic E-state index is 13.9. The SMILES string of the molecule is Cc1ccc(F)cc1S(=O)(=O)N1CCOc2ccc(C(=O)NCCc3ccc(C(=O)O)c(F)c3)cc21. The summed E-state index contributed by atoms with van der Waals surface area (Å²) in [5.74, 6) is -3.14. The number of fused-ring (bicyclic) bond motifs is 1. The van der Waals surface area contributed by atoms with Crippen molar-refractivity contribution in [3.05, 3.63) is 88.5 Å². The van der Waals surface area contributed by atoms with Crippen molar-refractivity contribution in [1.29, 1.82) is 0 Å². The highest BCUT2D eigenvalue weighted by molar-refractivity contribution is 7.92. The molecule has 0 unspecified atom stereocenters. The average molecular weight is 517 g/mol. The topological polar surface area (TPSA) is 113 Å². The molecule has 36 heavy (non-hydrogen) atoms. The quantitative estimate of drug-likeness (QED) is 0.497. The van der Waals surface area contributed by atoms with Crippen LogP contribution >= 0.6 is 0 Å². The number of hydrogen-bond donors (Lipinski definition) is 2. The van der Waals surface area contributed by atoms with Crippen molar-refractivity contribution in [3.8, 4) is 5.75 Å². The molecule has 0 bridgehead atoms. The number of sulfonamides is 1. The first-order valence-corrected chi connectivity index (χ1v) is 12.4. The van der Waals surface area contributed by atoms with Crippen LogP contribution < -0.4 is 14.4 Å². The van der Waals surface area contributed by atoms with E-state index in [0.29, 0.717) is 11.1 Å². The summed E-state index contributed by atoms with van der Waals surface area (Å²) in [7, 11) is -4.13. The molecule has 0 saturated heterocycles. The summed E-state index contributed by atoms with van der Waals surface area (Å²) in [4.78, 5) is 23.5. The number of ether oxygens (including phenoxy) is 1. The summed E-state index contributed by atoms with van der Waals surface area (Å²) in [5.41, 5.74) is 0.768. The number of nitrogens with zero attached hydrogens (tertiary/aromatic N) is 1. The molecular formula is C25H22F2N2O6S. The Bertz CT molecular complexity index is 1460. The van der Waals surface area contributed by atoms with E-state index in [1.807, 2.05) is 0 Å². The van der Waals surface area contributed by atoms with Gasteiger partial charge in [0.05, 0.1) is 22.7 Å². The summed E-state index contributed by atoms with van der Waals surface area (Å²) in [6.07, 6.45) is 0.246. The molecule has 2 N–H and O–H groups in total. The van der Waals surface area contributed by atoms with Crippen molar-refractivity contribution >= 4 is 27.6 Å². The number of aromatic carboxylic acids is 1. The van der Waals surface area contributed by atoms with Gasteiger partial charge in [-0.3, -0.25) is 9.10 Å². The van der Waals surface area contributed by atoms with E-state index < -0.39 is 39.1 Å². The molecule has 0 atom stereocenters. The van der Waals surface area contributed by atoms with Crippen molar-refractivity contribution in [2.45, 2.75) is 18.2 Å². The van der Waals surface area contributed by atoms with Gasteiger partial charge in [0.15, 0.2) is 0 Å². The molecule has 1 amide bonds. The molecule has 3 aromatic rings. The minimum atomic E-state index is -4.13. The van der Waals surface area contributed by atoms with Crippen LogP contribution in [0.25, 0.3) is 0 Å². The molecule has 0 radical (unpaired) electrons. The minimum Gasteiger partial charge on any atom is -0.489 e. The Kier molecular flexibility index (Phi) is 6.93. The van der Waals surface area contributed by atoms with E-state index in [9.17, 15) is 26.8 Å². The zero-order chi connectivity index (χ0) is 26.0. The molecule has 1 heterocycles. The Morgan fingerprint density at radius 2 is 1.86 bits per heavy atom. The number of rotatable bonds is 7. The van der Waals surface area contributed by atoms with Crippen molar-refractivity contribution in [1.82, 2.24) is 5.32 Å². The van der Waals surface area contributed by atoms with E-state index in [1.165, 1.54) is 36.4 Å². The number of carbonyl (C=O) groups is 2. The van der Waals surface area contributed by atoms with Gasteiger partial charge in [0.1, 0.15) is 24.0 Å². The molecule has 0 spiro atoms. The highest BCUT2D eigenvalue weighted by Gasteiger charge is 2.32. The van der Waals surface area contributed by atoms with Gasteiger partial charge in [-0.15, -0.1) is 0 Å². The average Bonchev–Trinajstić information content (AvgIpc) is 2.84. The maximum atomic E-state index is 13.9. The second kappa shape index (κ2) is 9.94. The number of carboxylic acids is 1. The highest BCUT2D eigenvalue weighted by atomic mass is 32.2. The van der Waals surface area contributed by atoms with Crippen molar-refractivity contribution in [3.63, 3.8) is 0 Å². The first kappa shape index (κ1) is 25.1. The summed E-state index contributed by atoms with van der Waals surface area (Å²) in [6, 6.07) is 11.6. The number of nitrogens with one attached hydrogen (secondary N) is 1. The molecule has 11 heteroatoms. The van der Waals surface area contributed by atoms with Crippen LogP contribution in [0.5, 0.6) is 5.75 Å². The summed E-state index contributed by atoms with van der Waals surface area (Å²) >= 11 is 0. The molecule has 0 aliphatic carbocycles. The van der Waals surface area contributed by atoms with E-state index in [1.54, 1.807) is 6.92 Å². The zero-order valence-corrected chi connectivity index (χ0v) is 19.9. The first-order chi connectivity index (χ1) is 17.1. The van der Waals surface area contributed by atoms with Crippen LogP contribution in [-0.2, 0) is 16.4 Å². The van der Waals surface area contributed by atoms with Gasteiger partial charge in [-0.1, -0.05) is 12.1 Å². The second-order valence-corrected chi connectivity index (χ2v) is 9.97. The van der Waals surface area contributed by atoms with E-state index in [2.05, 4.69) is 5.32 Å². The summed E-state index contributed by atoms with van der Waals surface area (Å²) in [6.45, 7) is 1.76. The van der Waals surface area contributed by atoms with Crippen LogP contribution in [-0.4, -0.2) is 45.1 Å². The van der Waals surface area contributed by atoms with Crippen LogP contribution in [0.1, 0.15) is 31.8 Å². The fourth-order valence-corrected chi connectivity index (χ4v) is 5.56. The Morgan fingerprint density at radius 3 is 2.58 bits per heavy atom. The Hall–Kier alpha value is -3.99. The largest absolute Gasteiger partial charge is 0.489 e. The lowest BCUT2D eigenvalue weighted by molar-refractivity contribution is 0.0691. The second-order valence-electron chi connectivity index (χ2n) is 8.14. The molecule has 3 aromatic carbocycles. The smallest absolute Gasteiger partial charge is 0.338 e. The zero-order valence-electron chi connectivity index (χ0n) is 19.1. The molecule has 0 aromatic heterocycles. The summed E-state index contributed by atoms with van der Waals surface area (Å²) < 4.78 is 61.1. The van der Waals surface area contributed by atoms with Gasteiger partial charge in [-0.25, -0.2) is 22.0 Å². The lowest BCUT2D eigenvalue weighted by Crippen LogP contribution is -2.38. The number of carboxylic acid groups (broad SMARTS) is 1. The third kappa shape index (κ3) is 5.01. The molecule has 0 saturated carbocycles. The van der Waals surface area contributed by atoms with Crippen LogP contribution in [0.2, 0.25) is 0 Å². The number of halogens is 2. The van der Waals surface area contributed by atoms with Gasteiger partial charge in [0, 0.05) is 12.1 Å². The number of anilines is 1. The number of hydrogen-bond acceptors (Lipinski definition) is 5. The Balaban J connectivity index is 1.52. The lowest BCUT2D eigenvalue weighted by Gasteiger charge is -2.31. The monoisotopic (exact) mass is 516 g/mol. The number of aryl methyl sites for hydroxylation is 1. The van der Waals surface area contributed by atoms with Crippen LogP contribution in [0, 0.1) is 18.6 Å². The van der Waals surface area contributed by atoms with Crippen molar-refractivity contribution < 1.29 is 36.6 Å². The van der Waals surface area contributed by atoms with E-state index in [4.69, 9.17) is 9.84 Å². The maximum Gasteiger partial charge on any atom is 0.338 e. The summed E-state index contributed by atoms with van der Waals surface area (Å²) in [5, 5.41) is 11.6. The Labute approximate surface area is 206 Å². The Morgan fingerprint density at radius 1 is 1.08 bits per heavy atom. The molecule has 1 aliphatic rings. The van der Waals surface area contributed by atoms with Gasteiger partial charge in [0.25, 0.3) is 15.9 Å². The van der Waals surface area contributed by atoms with E-state index in [-0.39, 0.29) is 48.0 Å². The molecule has 8 nitrogen and oxygen atoms in total. The molecular weight excluding hydrogens is 494 g/mol. The molecule has 188 valence electrons. The molecule has 0 fully saturated rings. The van der Waals surface area contributed by atoms with Gasteiger partial charge in [0.2, 0.25) is 0 Å². The highest BCUT2D eigenvalue weighted by Crippen LogP contribution is 2.36. The van der Waals surface area contributed by atoms with Crippen molar-refractivity contribution in [2.75, 3.05) is 24.0 Å². The van der Waals surface area contributed by atoms with E-state index >= 15 is 0 Å².